The lowest BCUT2D eigenvalue weighted by molar-refractivity contribution is -0.124. The van der Waals surface area contributed by atoms with Crippen LogP contribution in [-0.4, -0.2) is 18.6 Å². The molecule has 0 spiro atoms. The number of ether oxygens (including phenoxy) is 1. The third kappa shape index (κ3) is 3.91. The van der Waals surface area contributed by atoms with Crippen LogP contribution in [0.3, 0.4) is 0 Å². The van der Waals surface area contributed by atoms with Crippen molar-refractivity contribution in [3.05, 3.63) is 29.3 Å². The van der Waals surface area contributed by atoms with Gasteiger partial charge in [0.05, 0.1) is 5.02 Å². The Bertz CT molecular complexity index is 403. The minimum atomic E-state index is -0.0678. The van der Waals surface area contributed by atoms with E-state index in [4.69, 9.17) is 16.3 Å². The summed E-state index contributed by atoms with van der Waals surface area (Å²) >= 11 is 5.94. The van der Waals surface area contributed by atoms with E-state index in [0.717, 1.165) is 12.8 Å². The summed E-state index contributed by atoms with van der Waals surface area (Å²) in [7, 11) is 0. The highest BCUT2D eigenvalue weighted by Gasteiger charge is 2.15. The molecule has 1 aromatic rings. The molecule has 1 aliphatic rings. The van der Waals surface area contributed by atoms with Crippen LogP contribution in [0, 0.1) is 0 Å². The number of benzene rings is 1. The van der Waals surface area contributed by atoms with Crippen molar-refractivity contribution in [2.45, 2.75) is 38.1 Å². The van der Waals surface area contributed by atoms with Gasteiger partial charge in [-0.15, -0.1) is 0 Å². The molecule has 1 saturated carbocycles. The van der Waals surface area contributed by atoms with Crippen LogP contribution in [0.25, 0.3) is 0 Å². The Labute approximate surface area is 112 Å². The molecule has 98 valence electrons. The van der Waals surface area contributed by atoms with Gasteiger partial charge in [-0.3, -0.25) is 4.79 Å². The second kappa shape index (κ2) is 6.64. The first-order chi connectivity index (χ1) is 8.75. The number of halogens is 1. The summed E-state index contributed by atoms with van der Waals surface area (Å²) < 4.78 is 5.40. The van der Waals surface area contributed by atoms with E-state index in [-0.39, 0.29) is 12.5 Å². The lowest BCUT2D eigenvalue weighted by Gasteiger charge is -2.22. The van der Waals surface area contributed by atoms with Crippen LogP contribution in [-0.2, 0) is 4.79 Å². The number of para-hydroxylation sites is 1. The smallest absolute Gasteiger partial charge is 0.258 e. The van der Waals surface area contributed by atoms with E-state index in [9.17, 15) is 4.79 Å². The van der Waals surface area contributed by atoms with Crippen molar-refractivity contribution in [3.8, 4) is 5.75 Å². The Balaban J connectivity index is 1.76. The second-order valence-electron chi connectivity index (χ2n) is 4.62. The Morgan fingerprint density at radius 3 is 2.72 bits per heavy atom. The zero-order valence-electron chi connectivity index (χ0n) is 10.3. The molecular formula is C14H18ClNO2. The molecule has 0 saturated heterocycles. The molecule has 1 fully saturated rings. The van der Waals surface area contributed by atoms with Gasteiger partial charge in [-0.2, -0.15) is 0 Å². The summed E-state index contributed by atoms with van der Waals surface area (Å²) in [6.07, 6.45) is 5.85. The fourth-order valence-corrected chi connectivity index (χ4v) is 2.41. The summed E-state index contributed by atoms with van der Waals surface area (Å²) in [5.41, 5.74) is 0. The normalized spacial score (nSPS) is 16.3. The maximum Gasteiger partial charge on any atom is 0.258 e. The zero-order chi connectivity index (χ0) is 12.8. The Kier molecular flexibility index (Phi) is 4.88. The molecule has 0 radical (unpaired) electrons. The van der Waals surface area contributed by atoms with Gasteiger partial charge in [-0.1, -0.05) is 43.0 Å². The first-order valence-corrected chi connectivity index (χ1v) is 6.80. The fourth-order valence-electron chi connectivity index (χ4n) is 2.22. The van der Waals surface area contributed by atoms with Crippen molar-refractivity contribution in [3.63, 3.8) is 0 Å². The van der Waals surface area contributed by atoms with E-state index >= 15 is 0 Å². The van der Waals surface area contributed by atoms with Crippen LogP contribution in [0.2, 0.25) is 5.02 Å². The first kappa shape index (κ1) is 13.2. The molecule has 3 nitrogen and oxygen atoms in total. The lowest BCUT2D eigenvalue weighted by atomic mass is 9.95. The van der Waals surface area contributed by atoms with Crippen molar-refractivity contribution < 1.29 is 9.53 Å². The fraction of sp³-hybridized carbons (Fsp3) is 0.500. The van der Waals surface area contributed by atoms with Crippen LogP contribution in [0.1, 0.15) is 32.1 Å². The summed E-state index contributed by atoms with van der Waals surface area (Å²) in [5, 5.41) is 3.53. The summed E-state index contributed by atoms with van der Waals surface area (Å²) in [6, 6.07) is 7.49. The summed E-state index contributed by atoms with van der Waals surface area (Å²) in [5.74, 6) is 0.486. The van der Waals surface area contributed by atoms with Gasteiger partial charge < -0.3 is 10.1 Å². The molecule has 1 amide bonds. The van der Waals surface area contributed by atoms with Gasteiger partial charge in [-0.05, 0) is 25.0 Å². The lowest BCUT2D eigenvalue weighted by Crippen LogP contribution is -2.38. The third-order valence-corrected chi connectivity index (χ3v) is 3.48. The number of rotatable bonds is 4. The van der Waals surface area contributed by atoms with Crippen molar-refractivity contribution in [1.29, 1.82) is 0 Å². The topological polar surface area (TPSA) is 38.3 Å². The van der Waals surface area contributed by atoms with E-state index in [1.54, 1.807) is 12.1 Å². The number of carbonyl (C=O) groups excluding carboxylic acids is 1. The number of hydrogen-bond donors (Lipinski definition) is 1. The van der Waals surface area contributed by atoms with Crippen LogP contribution >= 0.6 is 11.6 Å². The molecule has 0 aromatic heterocycles. The van der Waals surface area contributed by atoms with Crippen LogP contribution in [0.4, 0.5) is 0 Å². The molecule has 1 N–H and O–H groups in total. The first-order valence-electron chi connectivity index (χ1n) is 6.42. The molecule has 18 heavy (non-hydrogen) atoms. The average molecular weight is 268 g/mol. The van der Waals surface area contributed by atoms with E-state index < -0.39 is 0 Å². The van der Waals surface area contributed by atoms with Crippen molar-refractivity contribution in [2.75, 3.05) is 6.61 Å². The highest BCUT2D eigenvalue weighted by Crippen LogP contribution is 2.23. The van der Waals surface area contributed by atoms with Gasteiger partial charge in [-0.25, -0.2) is 0 Å². The van der Waals surface area contributed by atoms with Crippen LogP contribution < -0.4 is 10.1 Å². The molecule has 0 unspecified atom stereocenters. The number of nitrogens with one attached hydrogen (secondary N) is 1. The molecule has 1 aliphatic carbocycles. The average Bonchev–Trinajstić information content (AvgIpc) is 2.39. The molecular weight excluding hydrogens is 250 g/mol. The van der Waals surface area contributed by atoms with E-state index in [0.29, 0.717) is 16.8 Å². The minimum Gasteiger partial charge on any atom is -0.482 e. The zero-order valence-corrected chi connectivity index (χ0v) is 11.1. The SMILES string of the molecule is O=C(COc1ccccc1Cl)NC1CCCCC1. The standard InChI is InChI=1S/C14H18ClNO2/c15-12-8-4-5-9-13(12)18-10-14(17)16-11-6-2-1-3-7-11/h4-5,8-9,11H,1-3,6-7,10H2,(H,16,17). The maximum atomic E-state index is 11.7. The molecule has 0 bridgehead atoms. The van der Waals surface area contributed by atoms with E-state index in [1.807, 2.05) is 12.1 Å². The highest BCUT2D eigenvalue weighted by molar-refractivity contribution is 6.32. The largest absolute Gasteiger partial charge is 0.482 e. The van der Waals surface area contributed by atoms with Gasteiger partial charge in [0.2, 0.25) is 0 Å². The van der Waals surface area contributed by atoms with Gasteiger partial charge in [0, 0.05) is 6.04 Å². The number of hydrogen-bond acceptors (Lipinski definition) is 2. The predicted octanol–water partition coefficient (Wildman–Crippen LogP) is 3.17. The second-order valence-corrected chi connectivity index (χ2v) is 5.03. The Morgan fingerprint density at radius 1 is 1.28 bits per heavy atom. The summed E-state index contributed by atoms with van der Waals surface area (Å²) in [4.78, 5) is 11.7. The maximum absolute atomic E-state index is 11.7. The van der Waals surface area contributed by atoms with Crippen molar-refractivity contribution >= 4 is 17.5 Å². The predicted molar refractivity (Wildman–Crippen MR) is 72.0 cm³/mol. The van der Waals surface area contributed by atoms with Gasteiger partial charge >= 0.3 is 0 Å². The minimum absolute atomic E-state index is 0.0280. The van der Waals surface area contributed by atoms with Gasteiger partial charge in [0.15, 0.2) is 6.61 Å². The third-order valence-electron chi connectivity index (χ3n) is 3.17. The molecule has 0 aliphatic heterocycles. The quantitative estimate of drug-likeness (QED) is 0.910. The molecule has 1 aromatic carbocycles. The van der Waals surface area contributed by atoms with E-state index in [2.05, 4.69) is 5.32 Å². The molecule has 0 atom stereocenters. The molecule has 4 heteroatoms. The number of amides is 1. The van der Waals surface area contributed by atoms with Crippen molar-refractivity contribution in [1.82, 2.24) is 5.32 Å². The van der Waals surface area contributed by atoms with Crippen LogP contribution in [0.5, 0.6) is 5.75 Å². The summed E-state index contributed by atoms with van der Waals surface area (Å²) in [6.45, 7) is 0.0280. The number of carbonyl (C=O) groups is 1. The van der Waals surface area contributed by atoms with Gasteiger partial charge in [0.1, 0.15) is 5.75 Å². The molecule has 2 rings (SSSR count). The Hall–Kier alpha value is -1.22. The Morgan fingerprint density at radius 2 is 2.00 bits per heavy atom. The molecule has 0 heterocycles. The highest BCUT2D eigenvalue weighted by atomic mass is 35.5. The van der Waals surface area contributed by atoms with Crippen molar-refractivity contribution in [2.24, 2.45) is 0 Å². The van der Waals surface area contributed by atoms with E-state index in [1.165, 1.54) is 19.3 Å². The monoisotopic (exact) mass is 267 g/mol. The van der Waals surface area contributed by atoms with Gasteiger partial charge in [0.25, 0.3) is 5.91 Å². The van der Waals surface area contributed by atoms with Crippen LogP contribution in [0.15, 0.2) is 24.3 Å².